The summed E-state index contributed by atoms with van der Waals surface area (Å²) < 4.78 is 4.39. The van der Waals surface area contributed by atoms with E-state index in [1.165, 1.54) is 11.1 Å². The maximum Gasteiger partial charge on any atom is 0.469 e. The number of likely N-dealkylation sites (N-methyl/N-ethyl adjacent to an activating group) is 1. The molecule has 0 aliphatic carbocycles. The van der Waals surface area contributed by atoms with Crippen molar-refractivity contribution in [1.29, 1.82) is 5.26 Å². The number of amides is 1. The third-order valence-corrected chi connectivity index (χ3v) is 7.53. The summed E-state index contributed by atoms with van der Waals surface area (Å²) >= 11 is 0. The first-order valence-corrected chi connectivity index (χ1v) is 14.3. The van der Waals surface area contributed by atoms with Crippen LogP contribution in [0.3, 0.4) is 0 Å². The fraction of sp³-hybridized carbons (Fsp3) is 0.364. The fourth-order valence-electron chi connectivity index (χ4n) is 5.08. The number of benzene rings is 2. The molecule has 9 heteroatoms. The highest BCUT2D eigenvalue weighted by molar-refractivity contribution is 6.08. The summed E-state index contributed by atoms with van der Waals surface area (Å²) in [6.07, 6.45) is 4.33. The molecule has 3 aliphatic rings. The average molecular weight is 561 g/mol. The van der Waals surface area contributed by atoms with Gasteiger partial charge in [0, 0.05) is 61.9 Å². The summed E-state index contributed by atoms with van der Waals surface area (Å²) in [7, 11) is 2.16. The van der Waals surface area contributed by atoms with Crippen molar-refractivity contribution in [1.82, 2.24) is 19.4 Å². The van der Waals surface area contributed by atoms with Gasteiger partial charge in [0.25, 0.3) is 11.7 Å². The number of nitriles is 1. The van der Waals surface area contributed by atoms with Gasteiger partial charge in [-0.3, -0.25) is 9.69 Å². The van der Waals surface area contributed by atoms with E-state index >= 15 is 0 Å². The Morgan fingerprint density at radius 1 is 1.07 bits per heavy atom. The van der Waals surface area contributed by atoms with E-state index in [0.29, 0.717) is 28.3 Å². The van der Waals surface area contributed by atoms with E-state index < -0.39 is 0 Å². The van der Waals surface area contributed by atoms with E-state index in [-0.39, 0.29) is 11.3 Å². The van der Waals surface area contributed by atoms with Gasteiger partial charge in [-0.15, -0.1) is 4.90 Å². The van der Waals surface area contributed by atoms with Gasteiger partial charge >= 0.3 is 12.2 Å². The van der Waals surface area contributed by atoms with Crippen LogP contribution in [0.2, 0.25) is 0 Å². The number of nitrogens with zero attached hydrogens (tertiary/aromatic N) is 7. The summed E-state index contributed by atoms with van der Waals surface area (Å²) in [4.78, 5) is 24.1. The van der Waals surface area contributed by atoms with Crippen molar-refractivity contribution in [3.63, 3.8) is 0 Å². The molecule has 2 aromatic rings. The molecule has 5 rings (SSSR count). The van der Waals surface area contributed by atoms with Gasteiger partial charge in [-0.2, -0.15) is 5.26 Å². The molecule has 1 saturated heterocycles. The Balaban J connectivity index is 1.35. The Bertz CT molecular complexity index is 1690. The Hall–Kier alpha value is -4.75. The fourth-order valence-corrected chi connectivity index (χ4v) is 5.08. The molecule has 3 aliphatic heterocycles. The number of carbonyl (C=O) groups excluding carboxylic acids is 1. The lowest BCUT2D eigenvalue weighted by Gasteiger charge is -2.34. The Labute approximate surface area is 247 Å². The standard InChI is InChI=1S/C33H35N8O/c1-6-27-19-31-38-37-30(41(31)22-35-27)10-7-23-15-24(20-34)17-26(16-23)32(42)36-28-9-8-25(29(18-28)33(2,3)4)21-40-13-11-39(5)12-14-40/h8-9,15-19,22H,6,11-14,21H2,1-5H3/q+1/p+1. The average Bonchev–Trinajstić information content (AvgIpc) is 3.39. The molecule has 9 nitrogen and oxygen atoms in total. The number of rotatable bonds is 5. The van der Waals surface area contributed by atoms with Crippen molar-refractivity contribution in [3.8, 4) is 17.9 Å². The van der Waals surface area contributed by atoms with Gasteiger partial charge < -0.3 is 10.2 Å². The summed E-state index contributed by atoms with van der Waals surface area (Å²) in [5.41, 5.74) is 5.27. The van der Waals surface area contributed by atoms with Gasteiger partial charge in [0.2, 0.25) is 5.71 Å². The highest BCUT2D eigenvalue weighted by Crippen LogP contribution is 2.30. The zero-order valence-electron chi connectivity index (χ0n) is 24.9. The summed E-state index contributed by atoms with van der Waals surface area (Å²) in [6, 6.07) is 13.2. The number of nitrogens with one attached hydrogen (secondary N) is 1. The molecular formula is C33H36N8O+2. The lowest BCUT2D eigenvalue weighted by molar-refractivity contribution is -0.0718. The SMILES string of the molecule is CCC1=[N+]=CN2C(=C1)N=[N+]=C2C#Cc1cc(C#N)cc(C(=O)Nc2ccc(CN3CCN(C)CC3)c(C(C)(C)C)c2)c1. The Kier molecular flexibility index (Phi) is 8.22. The summed E-state index contributed by atoms with van der Waals surface area (Å²) in [6.45, 7) is 13.7. The second-order valence-corrected chi connectivity index (χ2v) is 11.8. The Morgan fingerprint density at radius 2 is 1.83 bits per heavy atom. The van der Waals surface area contributed by atoms with E-state index in [1.807, 2.05) is 19.1 Å². The smallest absolute Gasteiger partial charge is 0.322 e. The molecule has 0 aromatic heterocycles. The molecule has 0 atom stereocenters. The minimum atomic E-state index is -0.300. The number of hydrogen-bond acceptors (Lipinski definition) is 6. The van der Waals surface area contributed by atoms with E-state index in [4.69, 9.17) is 0 Å². The number of piperazine rings is 1. The van der Waals surface area contributed by atoms with Gasteiger partial charge in [-0.25, -0.2) is 4.67 Å². The van der Waals surface area contributed by atoms with Gasteiger partial charge in [0.05, 0.1) is 22.8 Å². The predicted octanol–water partition coefficient (Wildman–Crippen LogP) is 3.38. The van der Waals surface area contributed by atoms with E-state index in [9.17, 15) is 10.1 Å². The van der Waals surface area contributed by atoms with Crippen LogP contribution in [0.1, 0.15) is 66.7 Å². The maximum atomic E-state index is 13.4. The first-order chi connectivity index (χ1) is 20.1. The second kappa shape index (κ2) is 12.0. The molecule has 0 radical (unpaired) electrons. The number of fused-ring (bicyclic) bond motifs is 1. The number of anilines is 1. The maximum absolute atomic E-state index is 13.4. The Morgan fingerprint density at radius 3 is 2.55 bits per heavy atom. The van der Waals surface area contributed by atoms with Crippen LogP contribution in [0.25, 0.3) is 0 Å². The molecule has 1 N–H and O–H groups in total. The van der Waals surface area contributed by atoms with E-state index in [2.05, 4.69) is 87.6 Å². The van der Waals surface area contributed by atoms with Crippen LogP contribution in [0.5, 0.6) is 0 Å². The molecule has 0 saturated carbocycles. The quantitative estimate of drug-likeness (QED) is 0.446. The van der Waals surface area contributed by atoms with Gasteiger partial charge in [0.15, 0.2) is 0 Å². The molecule has 212 valence electrons. The lowest BCUT2D eigenvalue weighted by atomic mass is 9.83. The second-order valence-electron chi connectivity index (χ2n) is 11.8. The van der Waals surface area contributed by atoms with Crippen LogP contribution in [-0.4, -0.2) is 76.5 Å². The minimum absolute atomic E-state index is 0.0916. The largest absolute Gasteiger partial charge is 0.469 e. The zero-order valence-corrected chi connectivity index (χ0v) is 24.9. The van der Waals surface area contributed by atoms with Crippen molar-refractivity contribution in [2.75, 3.05) is 38.5 Å². The highest BCUT2D eigenvalue weighted by atomic mass is 16.1. The van der Waals surface area contributed by atoms with Crippen molar-refractivity contribution in [3.05, 3.63) is 76.1 Å². The highest BCUT2D eigenvalue weighted by Gasteiger charge is 2.35. The minimum Gasteiger partial charge on any atom is -0.322 e. The predicted molar refractivity (Wildman–Crippen MR) is 165 cm³/mol. The van der Waals surface area contributed by atoms with Crippen LogP contribution in [0, 0.1) is 23.2 Å². The molecule has 3 heterocycles. The molecule has 0 unspecified atom stereocenters. The molecule has 0 bridgehead atoms. The normalized spacial score (nSPS) is 16.6. The van der Waals surface area contributed by atoms with Gasteiger partial charge in [-0.05, 0) is 53.9 Å². The summed E-state index contributed by atoms with van der Waals surface area (Å²) in [5, 5.41) is 16.9. The third kappa shape index (κ3) is 6.58. The lowest BCUT2D eigenvalue weighted by Crippen LogP contribution is -2.44. The van der Waals surface area contributed by atoms with Crippen LogP contribution in [-0.2, 0) is 12.0 Å². The van der Waals surface area contributed by atoms with Crippen LogP contribution in [0.15, 0.2) is 53.4 Å². The van der Waals surface area contributed by atoms with Crippen molar-refractivity contribution < 1.29 is 9.58 Å². The monoisotopic (exact) mass is 560 g/mol. The van der Waals surface area contributed by atoms with Crippen molar-refractivity contribution in [2.45, 2.75) is 46.1 Å². The van der Waals surface area contributed by atoms with Crippen LogP contribution >= 0.6 is 0 Å². The number of hydrogen-bond donors (Lipinski definition) is 1. The first kappa shape index (κ1) is 28.8. The zero-order chi connectivity index (χ0) is 29.9. The molecule has 1 fully saturated rings. The molecule has 2 aromatic carbocycles. The molecule has 0 spiro atoms. The van der Waals surface area contributed by atoms with E-state index in [0.717, 1.165) is 50.5 Å². The molecule has 42 heavy (non-hydrogen) atoms. The molecular weight excluding hydrogens is 524 g/mol. The van der Waals surface area contributed by atoms with Crippen LogP contribution < -0.4 is 9.98 Å². The number of allylic oxidation sites excluding steroid dienone is 1. The van der Waals surface area contributed by atoms with E-state index in [1.54, 1.807) is 29.4 Å². The summed E-state index contributed by atoms with van der Waals surface area (Å²) in [5.74, 6) is 6.84. The van der Waals surface area contributed by atoms with Crippen LogP contribution in [0.4, 0.5) is 5.69 Å². The third-order valence-electron chi connectivity index (χ3n) is 7.53. The number of amidine groups is 1. The first-order valence-electron chi connectivity index (χ1n) is 14.3. The van der Waals surface area contributed by atoms with Crippen molar-refractivity contribution in [2.24, 2.45) is 5.11 Å². The topological polar surface area (TPSA) is 103 Å². The molecule has 1 amide bonds. The van der Waals surface area contributed by atoms with Gasteiger partial charge in [-0.1, -0.05) is 44.5 Å². The van der Waals surface area contributed by atoms with Gasteiger partial charge in [0.1, 0.15) is 0 Å². The van der Waals surface area contributed by atoms with Crippen molar-refractivity contribution >= 4 is 29.5 Å². The number of carbonyl (C=O) groups is 1.